The molecule has 1 heterocycles. The van der Waals surface area contributed by atoms with Gasteiger partial charge in [-0.2, -0.15) is 0 Å². The first-order valence-electron chi connectivity index (χ1n) is 8.81. The standard InChI is InChI=1S/C21H22N2O3S/c1-3-25-20(24)18-14(2)22-21(27)23-19(18)16-11-7-8-12-17(16)26-13-15-9-5-4-6-10-15/h4-12,19H,3,13H2,1-2H3,(H2,22,23,27). The molecule has 2 N–H and O–H groups in total. The summed E-state index contributed by atoms with van der Waals surface area (Å²) in [5.41, 5.74) is 3.08. The zero-order valence-electron chi connectivity index (χ0n) is 15.3. The fourth-order valence-corrected chi connectivity index (χ4v) is 3.26. The van der Waals surface area contributed by atoms with Crippen LogP contribution in [0.4, 0.5) is 0 Å². The molecular formula is C21H22N2O3S. The second kappa shape index (κ2) is 8.68. The van der Waals surface area contributed by atoms with E-state index in [0.717, 1.165) is 11.1 Å². The summed E-state index contributed by atoms with van der Waals surface area (Å²) in [5.74, 6) is 0.318. The molecule has 0 spiro atoms. The second-order valence-electron chi connectivity index (χ2n) is 6.10. The van der Waals surface area contributed by atoms with Crippen LogP contribution in [0.5, 0.6) is 5.75 Å². The number of para-hydroxylation sites is 1. The molecule has 0 aliphatic carbocycles. The monoisotopic (exact) mass is 382 g/mol. The number of thiocarbonyl (C=S) groups is 1. The van der Waals surface area contributed by atoms with Crippen molar-refractivity contribution in [3.63, 3.8) is 0 Å². The molecule has 0 bridgehead atoms. The van der Waals surface area contributed by atoms with Gasteiger partial charge in [-0.05, 0) is 37.7 Å². The van der Waals surface area contributed by atoms with Crippen LogP contribution < -0.4 is 15.4 Å². The number of ether oxygens (including phenoxy) is 2. The topological polar surface area (TPSA) is 59.6 Å². The molecule has 0 radical (unpaired) electrons. The number of hydrogen-bond acceptors (Lipinski definition) is 4. The maximum Gasteiger partial charge on any atom is 0.338 e. The summed E-state index contributed by atoms with van der Waals surface area (Å²) in [6.45, 7) is 4.34. The van der Waals surface area contributed by atoms with Crippen LogP contribution >= 0.6 is 12.2 Å². The van der Waals surface area contributed by atoms with Crippen molar-refractivity contribution in [3.8, 4) is 5.75 Å². The van der Waals surface area contributed by atoms with Crippen molar-refractivity contribution in [1.29, 1.82) is 0 Å². The number of carbonyl (C=O) groups excluding carboxylic acids is 1. The van der Waals surface area contributed by atoms with Crippen molar-refractivity contribution in [2.24, 2.45) is 0 Å². The summed E-state index contributed by atoms with van der Waals surface area (Å²) in [7, 11) is 0. The van der Waals surface area contributed by atoms with Crippen LogP contribution in [0.3, 0.4) is 0 Å². The molecule has 0 aromatic heterocycles. The Morgan fingerprint density at radius 2 is 1.81 bits per heavy atom. The van der Waals surface area contributed by atoms with Gasteiger partial charge in [-0.1, -0.05) is 48.5 Å². The van der Waals surface area contributed by atoms with E-state index < -0.39 is 6.04 Å². The predicted octanol–water partition coefficient (Wildman–Crippen LogP) is 3.62. The summed E-state index contributed by atoms with van der Waals surface area (Å²) in [5, 5.41) is 6.64. The lowest BCUT2D eigenvalue weighted by Crippen LogP contribution is -2.45. The van der Waals surface area contributed by atoms with Gasteiger partial charge in [-0.25, -0.2) is 4.79 Å². The van der Waals surface area contributed by atoms with Gasteiger partial charge in [0.1, 0.15) is 12.4 Å². The average molecular weight is 382 g/mol. The highest BCUT2D eigenvalue weighted by molar-refractivity contribution is 7.80. The minimum atomic E-state index is -0.440. The van der Waals surface area contributed by atoms with Gasteiger partial charge in [0.25, 0.3) is 0 Å². The fraction of sp³-hybridized carbons (Fsp3) is 0.238. The number of rotatable bonds is 6. The Labute approximate surface area is 164 Å². The molecule has 1 atom stereocenters. The van der Waals surface area contributed by atoms with Crippen LogP contribution in [-0.2, 0) is 16.1 Å². The summed E-state index contributed by atoms with van der Waals surface area (Å²) in [6.07, 6.45) is 0. The van der Waals surface area contributed by atoms with E-state index >= 15 is 0 Å². The van der Waals surface area contributed by atoms with Crippen molar-refractivity contribution in [2.45, 2.75) is 26.5 Å². The molecule has 1 unspecified atom stereocenters. The maximum atomic E-state index is 12.5. The van der Waals surface area contributed by atoms with Crippen molar-refractivity contribution < 1.29 is 14.3 Å². The lowest BCUT2D eigenvalue weighted by atomic mass is 9.95. The van der Waals surface area contributed by atoms with E-state index in [-0.39, 0.29) is 5.97 Å². The first-order chi connectivity index (χ1) is 13.1. The average Bonchev–Trinajstić information content (AvgIpc) is 2.67. The Bertz CT molecular complexity index is 865. The summed E-state index contributed by atoms with van der Waals surface area (Å²) in [4.78, 5) is 12.5. The van der Waals surface area contributed by atoms with Gasteiger partial charge in [-0.3, -0.25) is 0 Å². The van der Waals surface area contributed by atoms with Crippen LogP contribution in [0.25, 0.3) is 0 Å². The Hall–Kier alpha value is -2.86. The Morgan fingerprint density at radius 3 is 2.56 bits per heavy atom. The number of nitrogens with one attached hydrogen (secondary N) is 2. The number of benzene rings is 2. The lowest BCUT2D eigenvalue weighted by Gasteiger charge is -2.30. The Balaban J connectivity index is 1.92. The fourth-order valence-electron chi connectivity index (χ4n) is 2.99. The SMILES string of the molecule is CCOC(=O)C1=C(C)NC(=S)NC1c1ccccc1OCc1ccccc1. The van der Waals surface area contributed by atoms with Crippen molar-refractivity contribution in [1.82, 2.24) is 10.6 Å². The van der Waals surface area contributed by atoms with Gasteiger partial charge < -0.3 is 20.1 Å². The second-order valence-corrected chi connectivity index (χ2v) is 6.51. The molecule has 1 aliphatic rings. The van der Waals surface area contributed by atoms with Gasteiger partial charge in [0, 0.05) is 11.3 Å². The molecule has 27 heavy (non-hydrogen) atoms. The first-order valence-corrected chi connectivity index (χ1v) is 9.22. The molecule has 6 heteroatoms. The summed E-state index contributed by atoms with van der Waals surface area (Å²) < 4.78 is 11.3. The van der Waals surface area contributed by atoms with E-state index in [1.807, 2.05) is 61.5 Å². The minimum Gasteiger partial charge on any atom is -0.489 e. The number of esters is 1. The molecule has 5 nitrogen and oxygen atoms in total. The van der Waals surface area contributed by atoms with Gasteiger partial charge in [0.15, 0.2) is 5.11 Å². The van der Waals surface area contributed by atoms with Crippen LogP contribution in [0.15, 0.2) is 65.9 Å². The zero-order chi connectivity index (χ0) is 19.2. The Kier molecular flexibility index (Phi) is 6.08. The molecule has 0 amide bonds. The van der Waals surface area contributed by atoms with E-state index in [1.165, 1.54) is 0 Å². The molecule has 0 saturated carbocycles. The molecule has 1 aliphatic heterocycles. The normalized spacial score (nSPS) is 16.4. The zero-order valence-corrected chi connectivity index (χ0v) is 16.1. The lowest BCUT2D eigenvalue weighted by molar-refractivity contribution is -0.139. The molecule has 3 rings (SSSR count). The number of carbonyl (C=O) groups is 1. The van der Waals surface area contributed by atoms with Gasteiger partial charge in [0.2, 0.25) is 0 Å². The molecular weight excluding hydrogens is 360 g/mol. The molecule has 2 aromatic rings. The van der Waals surface area contributed by atoms with Gasteiger partial charge in [0.05, 0.1) is 18.2 Å². The molecule has 140 valence electrons. The predicted molar refractivity (Wildman–Crippen MR) is 108 cm³/mol. The maximum absolute atomic E-state index is 12.5. The van der Waals surface area contributed by atoms with Crippen LogP contribution in [0.2, 0.25) is 0 Å². The smallest absolute Gasteiger partial charge is 0.338 e. The van der Waals surface area contributed by atoms with E-state index in [0.29, 0.717) is 35.3 Å². The molecule has 0 fully saturated rings. The molecule has 2 aromatic carbocycles. The van der Waals surface area contributed by atoms with Gasteiger partial charge in [-0.15, -0.1) is 0 Å². The van der Waals surface area contributed by atoms with E-state index in [1.54, 1.807) is 6.92 Å². The third-order valence-electron chi connectivity index (χ3n) is 4.23. The van der Waals surface area contributed by atoms with E-state index in [2.05, 4.69) is 10.6 Å². The van der Waals surface area contributed by atoms with Crippen molar-refractivity contribution in [2.75, 3.05) is 6.61 Å². The van der Waals surface area contributed by atoms with Crippen LogP contribution in [0.1, 0.15) is 31.0 Å². The van der Waals surface area contributed by atoms with E-state index in [9.17, 15) is 4.79 Å². The van der Waals surface area contributed by atoms with Gasteiger partial charge >= 0.3 is 5.97 Å². The van der Waals surface area contributed by atoms with Crippen molar-refractivity contribution >= 4 is 23.3 Å². The highest BCUT2D eigenvalue weighted by Crippen LogP contribution is 2.33. The quantitative estimate of drug-likeness (QED) is 0.588. The third kappa shape index (κ3) is 4.46. The highest BCUT2D eigenvalue weighted by atomic mass is 32.1. The molecule has 0 saturated heterocycles. The first kappa shape index (κ1) is 18.9. The third-order valence-corrected chi connectivity index (χ3v) is 4.45. The largest absolute Gasteiger partial charge is 0.489 e. The minimum absolute atomic E-state index is 0.304. The van der Waals surface area contributed by atoms with Crippen molar-refractivity contribution in [3.05, 3.63) is 77.0 Å². The Morgan fingerprint density at radius 1 is 1.11 bits per heavy atom. The summed E-state index contributed by atoms with van der Waals surface area (Å²) >= 11 is 5.30. The summed E-state index contributed by atoms with van der Waals surface area (Å²) in [6, 6.07) is 17.1. The van der Waals surface area contributed by atoms with Crippen LogP contribution in [-0.4, -0.2) is 17.7 Å². The number of hydrogen-bond donors (Lipinski definition) is 2. The van der Waals surface area contributed by atoms with E-state index in [4.69, 9.17) is 21.7 Å². The number of allylic oxidation sites excluding steroid dienone is 1. The van der Waals surface area contributed by atoms with Crippen LogP contribution in [0, 0.1) is 0 Å². The highest BCUT2D eigenvalue weighted by Gasteiger charge is 2.32.